The topological polar surface area (TPSA) is 75.0 Å². The van der Waals surface area contributed by atoms with Gasteiger partial charge in [-0.3, -0.25) is 0 Å². The summed E-state index contributed by atoms with van der Waals surface area (Å²) in [5.41, 5.74) is 2.10. The third-order valence-corrected chi connectivity index (χ3v) is 3.12. The van der Waals surface area contributed by atoms with Gasteiger partial charge in [-0.2, -0.15) is 5.26 Å². The number of ether oxygens (including phenoxy) is 1. The van der Waals surface area contributed by atoms with Crippen LogP contribution in [0, 0.1) is 17.1 Å². The van der Waals surface area contributed by atoms with Crippen molar-refractivity contribution in [2.45, 2.75) is 6.92 Å². The highest BCUT2D eigenvalue weighted by Gasteiger charge is 2.16. The molecule has 0 fully saturated rings. The number of benzene rings is 1. The van der Waals surface area contributed by atoms with Gasteiger partial charge in [-0.1, -0.05) is 0 Å². The van der Waals surface area contributed by atoms with Crippen LogP contribution in [0.25, 0.3) is 0 Å². The third kappa shape index (κ3) is 2.92. The molecule has 0 aliphatic heterocycles. The first kappa shape index (κ1) is 14.0. The number of nitrogens with one attached hydrogen (secondary N) is 1. The quantitative estimate of drug-likeness (QED) is 0.876. The van der Waals surface area contributed by atoms with Gasteiger partial charge in [0, 0.05) is 5.69 Å². The van der Waals surface area contributed by atoms with Crippen molar-refractivity contribution in [1.82, 2.24) is 4.98 Å². The van der Waals surface area contributed by atoms with Crippen LogP contribution in [-0.2, 0) is 4.74 Å². The molecule has 0 unspecified atom stereocenters. The average molecular weight is 291 g/mol. The summed E-state index contributed by atoms with van der Waals surface area (Å²) < 4.78 is 18.1. The number of aromatic nitrogens is 1. The Bertz CT molecular complexity index is 678. The number of carbonyl (C=O) groups excluding carboxylic acids is 1. The normalized spacial score (nSPS) is 9.85. The van der Waals surface area contributed by atoms with Crippen molar-refractivity contribution in [2.24, 2.45) is 0 Å². The molecule has 0 aliphatic carbocycles. The standard InChI is InChI=1S/C13H10FN3O2S/c1-2-19-13(18)11-12(20-7-16-11)17-9-3-4-10(14)8(5-9)6-15/h3-5,7,17H,2H2,1H3. The zero-order chi connectivity index (χ0) is 14.5. The maximum Gasteiger partial charge on any atom is 0.360 e. The lowest BCUT2D eigenvalue weighted by Crippen LogP contribution is -2.07. The van der Waals surface area contributed by atoms with E-state index in [0.29, 0.717) is 10.7 Å². The summed E-state index contributed by atoms with van der Waals surface area (Å²) in [4.78, 5) is 15.6. The van der Waals surface area contributed by atoms with Crippen LogP contribution < -0.4 is 5.32 Å². The van der Waals surface area contributed by atoms with Crippen molar-refractivity contribution < 1.29 is 13.9 Å². The molecule has 1 N–H and O–H groups in total. The highest BCUT2D eigenvalue weighted by molar-refractivity contribution is 7.14. The number of halogens is 1. The molecule has 0 radical (unpaired) electrons. The SMILES string of the molecule is CCOC(=O)c1ncsc1Nc1ccc(F)c(C#N)c1. The third-order valence-electron chi connectivity index (χ3n) is 2.38. The first-order valence-electron chi connectivity index (χ1n) is 5.73. The van der Waals surface area contributed by atoms with Gasteiger partial charge in [0.25, 0.3) is 0 Å². The highest BCUT2D eigenvalue weighted by atomic mass is 32.1. The van der Waals surface area contributed by atoms with E-state index in [9.17, 15) is 9.18 Å². The predicted molar refractivity (Wildman–Crippen MR) is 72.5 cm³/mol. The van der Waals surface area contributed by atoms with Crippen LogP contribution in [0.4, 0.5) is 15.1 Å². The smallest absolute Gasteiger partial charge is 0.360 e. The molecule has 7 heteroatoms. The van der Waals surface area contributed by atoms with Crippen LogP contribution in [0.1, 0.15) is 23.0 Å². The molecular weight excluding hydrogens is 281 g/mol. The van der Waals surface area contributed by atoms with E-state index < -0.39 is 11.8 Å². The fraction of sp³-hybridized carbons (Fsp3) is 0.154. The first-order valence-corrected chi connectivity index (χ1v) is 6.61. The van der Waals surface area contributed by atoms with Gasteiger partial charge in [0.1, 0.15) is 16.9 Å². The summed E-state index contributed by atoms with van der Waals surface area (Å²) in [6, 6.07) is 5.78. The van der Waals surface area contributed by atoms with Crippen molar-refractivity contribution in [1.29, 1.82) is 5.26 Å². The van der Waals surface area contributed by atoms with E-state index in [1.807, 2.05) is 0 Å². The van der Waals surface area contributed by atoms with Crippen molar-refractivity contribution in [3.8, 4) is 6.07 Å². The van der Waals surface area contributed by atoms with Crippen LogP contribution in [0.15, 0.2) is 23.7 Å². The van der Waals surface area contributed by atoms with Crippen LogP contribution in [0.2, 0.25) is 0 Å². The Morgan fingerprint density at radius 2 is 2.40 bits per heavy atom. The molecule has 0 saturated carbocycles. The van der Waals surface area contributed by atoms with E-state index in [-0.39, 0.29) is 17.9 Å². The summed E-state index contributed by atoms with van der Waals surface area (Å²) in [7, 11) is 0. The van der Waals surface area contributed by atoms with Gasteiger partial charge in [-0.25, -0.2) is 14.2 Å². The fourth-order valence-corrected chi connectivity index (χ4v) is 2.19. The second kappa shape index (κ2) is 6.12. The first-order chi connectivity index (χ1) is 9.65. The maximum atomic E-state index is 13.2. The number of anilines is 2. The number of esters is 1. The fourth-order valence-electron chi connectivity index (χ4n) is 1.50. The maximum absolute atomic E-state index is 13.2. The average Bonchev–Trinajstić information content (AvgIpc) is 2.89. The van der Waals surface area contributed by atoms with E-state index in [2.05, 4.69) is 10.3 Å². The Morgan fingerprint density at radius 3 is 3.10 bits per heavy atom. The van der Waals surface area contributed by atoms with E-state index in [4.69, 9.17) is 10.00 Å². The predicted octanol–water partition coefficient (Wildman–Crippen LogP) is 3.07. The monoisotopic (exact) mass is 291 g/mol. The van der Waals surface area contributed by atoms with Crippen LogP contribution in [-0.4, -0.2) is 17.6 Å². The molecule has 102 valence electrons. The van der Waals surface area contributed by atoms with Crippen molar-refractivity contribution in [3.05, 3.63) is 40.8 Å². The lowest BCUT2D eigenvalue weighted by Gasteiger charge is -2.06. The second-order valence-electron chi connectivity index (χ2n) is 3.68. The Kier molecular flexibility index (Phi) is 4.27. The van der Waals surface area contributed by atoms with Crippen molar-refractivity contribution >= 4 is 28.0 Å². The largest absolute Gasteiger partial charge is 0.461 e. The number of nitrogens with zero attached hydrogens (tertiary/aromatic N) is 2. The molecule has 0 bridgehead atoms. The van der Waals surface area contributed by atoms with Crippen molar-refractivity contribution in [2.75, 3.05) is 11.9 Å². The van der Waals surface area contributed by atoms with E-state index in [0.717, 1.165) is 0 Å². The van der Waals surface area contributed by atoms with E-state index in [1.165, 1.54) is 35.0 Å². The van der Waals surface area contributed by atoms with Gasteiger partial charge >= 0.3 is 5.97 Å². The van der Waals surface area contributed by atoms with Gasteiger partial charge in [-0.15, -0.1) is 11.3 Å². The molecule has 0 aliphatic rings. The molecule has 2 aromatic rings. The summed E-state index contributed by atoms with van der Waals surface area (Å²) in [5.74, 6) is -1.12. The minimum Gasteiger partial charge on any atom is -0.461 e. The number of nitriles is 1. The molecule has 5 nitrogen and oxygen atoms in total. The molecule has 0 atom stereocenters. The Morgan fingerprint density at radius 1 is 1.60 bits per heavy atom. The molecule has 0 spiro atoms. The number of rotatable bonds is 4. The Hall–Kier alpha value is -2.46. The lowest BCUT2D eigenvalue weighted by atomic mass is 10.2. The van der Waals surface area contributed by atoms with E-state index in [1.54, 1.807) is 13.0 Å². The second-order valence-corrected chi connectivity index (χ2v) is 4.54. The minimum absolute atomic E-state index is 0.0720. The summed E-state index contributed by atoms with van der Waals surface area (Å²) in [6.45, 7) is 1.96. The van der Waals surface area contributed by atoms with E-state index >= 15 is 0 Å². The number of hydrogen-bond acceptors (Lipinski definition) is 6. The molecule has 1 aromatic carbocycles. The molecule has 1 heterocycles. The lowest BCUT2D eigenvalue weighted by molar-refractivity contribution is 0.0521. The number of carbonyl (C=O) groups is 1. The van der Waals surface area contributed by atoms with Crippen molar-refractivity contribution in [3.63, 3.8) is 0 Å². The zero-order valence-electron chi connectivity index (χ0n) is 10.5. The van der Waals surface area contributed by atoms with Gasteiger partial charge in [0.05, 0.1) is 17.7 Å². The Balaban J connectivity index is 2.25. The molecular formula is C13H10FN3O2S. The number of thiazole rings is 1. The Labute approximate surface area is 118 Å². The number of hydrogen-bond donors (Lipinski definition) is 1. The molecule has 2 rings (SSSR count). The summed E-state index contributed by atoms with van der Waals surface area (Å²) >= 11 is 1.22. The van der Waals surface area contributed by atoms with Crippen LogP contribution in [0.3, 0.4) is 0 Å². The van der Waals surface area contributed by atoms with Crippen LogP contribution in [0.5, 0.6) is 0 Å². The highest BCUT2D eigenvalue weighted by Crippen LogP contribution is 2.26. The summed E-state index contributed by atoms with van der Waals surface area (Å²) in [6.07, 6.45) is 0. The van der Waals surface area contributed by atoms with Gasteiger partial charge in [-0.05, 0) is 25.1 Å². The van der Waals surface area contributed by atoms with Gasteiger partial charge < -0.3 is 10.1 Å². The van der Waals surface area contributed by atoms with Crippen LogP contribution >= 0.6 is 11.3 Å². The molecule has 0 saturated heterocycles. The summed E-state index contributed by atoms with van der Waals surface area (Å²) in [5, 5.41) is 12.2. The molecule has 20 heavy (non-hydrogen) atoms. The minimum atomic E-state index is -0.590. The zero-order valence-corrected chi connectivity index (χ0v) is 11.3. The molecule has 0 amide bonds. The van der Waals surface area contributed by atoms with Gasteiger partial charge in [0.2, 0.25) is 0 Å². The molecule has 1 aromatic heterocycles. The van der Waals surface area contributed by atoms with Gasteiger partial charge in [0.15, 0.2) is 5.69 Å².